The van der Waals surface area contributed by atoms with Crippen molar-refractivity contribution >= 4 is 22.1 Å². The molecule has 1 aliphatic heterocycles. The highest BCUT2D eigenvalue weighted by atomic mass is 16.1. The van der Waals surface area contributed by atoms with Crippen LogP contribution in [0.1, 0.15) is 23.2 Å². The lowest BCUT2D eigenvalue weighted by atomic mass is 9.98. The Morgan fingerprint density at radius 1 is 1.14 bits per heavy atom. The molecule has 146 valence electrons. The van der Waals surface area contributed by atoms with Crippen molar-refractivity contribution in [2.24, 2.45) is 0 Å². The lowest BCUT2D eigenvalue weighted by Gasteiger charge is -2.26. The smallest absolute Gasteiger partial charge is 0.261 e. The standard InChI is InChI=1S/C24H24N4O/c1-17-19(24(29)28-12-5-4-8-23(28)26-17)11-15-27-13-9-18(10-14-27)21-16-25-22-7-3-2-6-20(21)22/h2-9,12,16,25H,10-11,13-15H2,1H3. The zero-order valence-corrected chi connectivity index (χ0v) is 16.6. The molecule has 1 aromatic carbocycles. The number of benzene rings is 1. The molecular weight excluding hydrogens is 360 g/mol. The number of para-hydroxylation sites is 1. The minimum Gasteiger partial charge on any atom is -0.361 e. The topological polar surface area (TPSA) is 53.4 Å². The second kappa shape index (κ2) is 7.33. The molecule has 0 spiro atoms. The molecular formula is C24H24N4O. The number of hydrogen-bond acceptors (Lipinski definition) is 3. The number of hydrogen-bond donors (Lipinski definition) is 1. The van der Waals surface area contributed by atoms with Gasteiger partial charge in [-0.15, -0.1) is 0 Å². The van der Waals surface area contributed by atoms with Gasteiger partial charge in [0.15, 0.2) is 0 Å². The second-order valence-electron chi connectivity index (χ2n) is 7.69. The van der Waals surface area contributed by atoms with Crippen LogP contribution in [0.2, 0.25) is 0 Å². The zero-order valence-electron chi connectivity index (χ0n) is 16.6. The summed E-state index contributed by atoms with van der Waals surface area (Å²) < 4.78 is 1.65. The summed E-state index contributed by atoms with van der Waals surface area (Å²) in [7, 11) is 0. The van der Waals surface area contributed by atoms with E-state index in [-0.39, 0.29) is 5.56 Å². The highest BCUT2D eigenvalue weighted by Gasteiger charge is 2.17. The maximum absolute atomic E-state index is 12.8. The van der Waals surface area contributed by atoms with Gasteiger partial charge in [0.1, 0.15) is 5.65 Å². The zero-order chi connectivity index (χ0) is 19.8. The van der Waals surface area contributed by atoms with Crippen molar-refractivity contribution < 1.29 is 0 Å². The monoisotopic (exact) mass is 384 g/mol. The third-order valence-corrected chi connectivity index (χ3v) is 5.94. The number of nitrogens with zero attached hydrogens (tertiary/aromatic N) is 3. The highest BCUT2D eigenvalue weighted by Crippen LogP contribution is 2.29. The van der Waals surface area contributed by atoms with E-state index in [0.717, 1.165) is 43.7 Å². The van der Waals surface area contributed by atoms with E-state index >= 15 is 0 Å². The number of aryl methyl sites for hydroxylation is 1. The summed E-state index contributed by atoms with van der Waals surface area (Å²) >= 11 is 0. The Morgan fingerprint density at radius 3 is 2.86 bits per heavy atom. The summed E-state index contributed by atoms with van der Waals surface area (Å²) in [5.41, 5.74) is 6.33. The molecule has 0 saturated carbocycles. The maximum Gasteiger partial charge on any atom is 0.261 e. The van der Waals surface area contributed by atoms with E-state index in [2.05, 4.69) is 51.4 Å². The minimum absolute atomic E-state index is 0.0557. The van der Waals surface area contributed by atoms with Crippen LogP contribution in [-0.2, 0) is 6.42 Å². The van der Waals surface area contributed by atoms with Gasteiger partial charge in [-0.05, 0) is 43.5 Å². The fourth-order valence-electron chi connectivity index (χ4n) is 4.29. The van der Waals surface area contributed by atoms with E-state index in [4.69, 9.17) is 0 Å². The summed E-state index contributed by atoms with van der Waals surface area (Å²) in [6, 6.07) is 14.1. The number of H-pyrrole nitrogens is 1. The van der Waals surface area contributed by atoms with Gasteiger partial charge >= 0.3 is 0 Å². The van der Waals surface area contributed by atoms with Gasteiger partial charge in [-0.1, -0.05) is 30.3 Å². The summed E-state index contributed by atoms with van der Waals surface area (Å²) in [4.78, 5) is 23.2. The maximum atomic E-state index is 12.8. The van der Waals surface area contributed by atoms with Crippen molar-refractivity contribution in [3.63, 3.8) is 0 Å². The predicted molar refractivity (Wildman–Crippen MR) is 117 cm³/mol. The van der Waals surface area contributed by atoms with Crippen LogP contribution >= 0.6 is 0 Å². The number of fused-ring (bicyclic) bond motifs is 2. The van der Waals surface area contributed by atoms with Crippen LogP contribution < -0.4 is 5.56 Å². The number of rotatable bonds is 4. The molecule has 5 rings (SSSR count). The Bertz CT molecular complexity index is 1280. The molecule has 3 aromatic heterocycles. The first-order valence-corrected chi connectivity index (χ1v) is 10.2. The molecule has 5 heteroatoms. The normalized spacial score (nSPS) is 15.1. The van der Waals surface area contributed by atoms with Crippen LogP contribution in [0.25, 0.3) is 22.1 Å². The number of aromatic nitrogens is 3. The Balaban J connectivity index is 1.31. The van der Waals surface area contributed by atoms with Crippen LogP contribution in [0, 0.1) is 6.92 Å². The van der Waals surface area contributed by atoms with E-state index in [1.807, 2.05) is 25.1 Å². The van der Waals surface area contributed by atoms with Gasteiger partial charge in [0.2, 0.25) is 0 Å². The van der Waals surface area contributed by atoms with E-state index in [1.54, 1.807) is 10.6 Å². The van der Waals surface area contributed by atoms with Crippen molar-refractivity contribution in [1.29, 1.82) is 0 Å². The van der Waals surface area contributed by atoms with Crippen LogP contribution in [0.5, 0.6) is 0 Å². The third kappa shape index (κ3) is 3.28. The molecule has 5 nitrogen and oxygen atoms in total. The van der Waals surface area contributed by atoms with E-state index in [9.17, 15) is 4.79 Å². The second-order valence-corrected chi connectivity index (χ2v) is 7.69. The van der Waals surface area contributed by atoms with Crippen LogP contribution in [0.15, 0.2) is 65.7 Å². The first-order valence-electron chi connectivity index (χ1n) is 10.2. The van der Waals surface area contributed by atoms with Crippen molar-refractivity contribution in [3.8, 4) is 0 Å². The molecule has 1 aliphatic rings. The van der Waals surface area contributed by atoms with Crippen LogP contribution in [0.4, 0.5) is 0 Å². The number of pyridine rings is 1. The average Bonchev–Trinajstić information content (AvgIpc) is 3.18. The van der Waals surface area contributed by atoms with Gasteiger partial charge in [0, 0.05) is 59.8 Å². The fourth-order valence-corrected chi connectivity index (χ4v) is 4.29. The van der Waals surface area contributed by atoms with E-state index in [0.29, 0.717) is 5.65 Å². The van der Waals surface area contributed by atoms with E-state index in [1.165, 1.54) is 22.0 Å². The molecule has 0 radical (unpaired) electrons. The summed E-state index contributed by atoms with van der Waals surface area (Å²) in [5.74, 6) is 0. The Morgan fingerprint density at radius 2 is 2.00 bits per heavy atom. The molecule has 1 N–H and O–H groups in total. The molecule has 0 amide bonds. The van der Waals surface area contributed by atoms with Crippen molar-refractivity contribution in [2.45, 2.75) is 19.8 Å². The van der Waals surface area contributed by atoms with Crippen molar-refractivity contribution in [3.05, 3.63) is 88.1 Å². The minimum atomic E-state index is 0.0557. The van der Waals surface area contributed by atoms with Gasteiger partial charge < -0.3 is 4.98 Å². The van der Waals surface area contributed by atoms with Crippen LogP contribution in [-0.4, -0.2) is 38.9 Å². The number of nitrogens with one attached hydrogen (secondary N) is 1. The first-order chi connectivity index (χ1) is 14.2. The predicted octanol–water partition coefficient (Wildman–Crippen LogP) is 3.82. The SMILES string of the molecule is Cc1nc2ccccn2c(=O)c1CCN1CC=C(c2c[nH]c3ccccc23)CC1. The lowest BCUT2D eigenvalue weighted by Crippen LogP contribution is -2.32. The van der Waals surface area contributed by atoms with Gasteiger partial charge in [-0.2, -0.15) is 0 Å². The van der Waals surface area contributed by atoms with Crippen molar-refractivity contribution in [2.75, 3.05) is 19.6 Å². The highest BCUT2D eigenvalue weighted by molar-refractivity contribution is 5.92. The van der Waals surface area contributed by atoms with Gasteiger partial charge in [0.25, 0.3) is 5.56 Å². The lowest BCUT2D eigenvalue weighted by molar-refractivity contribution is 0.305. The summed E-state index contributed by atoms with van der Waals surface area (Å²) in [5, 5.41) is 1.29. The quantitative estimate of drug-likeness (QED) is 0.582. The fraction of sp³-hybridized carbons (Fsp3) is 0.250. The molecule has 0 bridgehead atoms. The first kappa shape index (κ1) is 17.9. The Kier molecular flexibility index (Phi) is 4.52. The summed E-state index contributed by atoms with van der Waals surface area (Å²) in [6.07, 6.45) is 8.00. The van der Waals surface area contributed by atoms with Gasteiger partial charge in [0.05, 0.1) is 0 Å². The van der Waals surface area contributed by atoms with Crippen LogP contribution in [0.3, 0.4) is 0 Å². The van der Waals surface area contributed by atoms with Crippen molar-refractivity contribution in [1.82, 2.24) is 19.3 Å². The average molecular weight is 384 g/mol. The molecule has 29 heavy (non-hydrogen) atoms. The van der Waals surface area contributed by atoms with Gasteiger partial charge in [-0.3, -0.25) is 14.1 Å². The molecule has 0 unspecified atom stereocenters. The molecule has 4 heterocycles. The molecule has 0 fully saturated rings. The van der Waals surface area contributed by atoms with Gasteiger partial charge in [-0.25, -0.2) is 4.98 Å². The molecule has 0 saturated heterocycles. The number of aromatic amines is 1. The molecule has 0 aliphatic carbocycles. The Hall–Kier alpha value is -3.18. The van der Waals surface area contributed by atoms with E-state index < -0.39 is 0 Å². The largest absolute Gasteiger partial charge is 0.361 e. The molecule has 0 atom stereocenters. The third-order valence-electron chi connectivity index (χ3n) is 5.94. The molecule has 4 aromatic rings. The Labute approximate surface area is 169 Å². The summed E-state index contributed by atoms with van der Waals surface area (Å²) in [6.45, 7) is 4.73.